The SMILES string of the molecule is Cc1nc(NCc2nccs2)c(F)c(NNC(=O)C(CC2CCCC2)CN(O)C=O)n1. The molecule has 0 aromatic carbocycles. The smallest absolute Gasteiger partial charge is 0.243 e. The topological polar surface area (TPSA) is 132 Å². The molecule has 3 rings (SSSR count). The van der Waals surface area contributed by atoms with Gasteiger partial charge in [-0.3, -0.25) is 25.6 Å². The highest BCUT2D eigenvalue weighted by Crippen LogP contribution is 2.30. The van der Waals surface area contributed by atoms with Crippen molar-refractivity contribution in [3.8, 4) is 0 Å². The minimum atomic E-state index is -0.744. The Morgan fingerprint density at radius 1 is 1.39 bits per heavy atom. The first kappa shape index (κ1) is 22.8. The van der Waals surface area contributed by atoms with Crippen LogP contribution < -0.4 is 16.2 Å². The third-order valence-corrected chi connectivity index (χ3v) is 5.93. The monoisotopic (exact) mass is 451 g/mol. The van der Waals surface area contributed by atoms with E-state index in [4.69, 9.17) is 0 Å². The number of aryl methyl sites for hydroxylation is 1. The number of thiazole rings is 1. The van der Waals surface area contributed by atoms with Gasteiger partial charge in [0.2, 0.25) is 18.1 Å². The van der Waals surface area contributed by atoms with Crippen molar-refractivity contribution in [2.24, 2.45) is 11.8 Å². The molecule has 0 spiro atoms. The van der Waals surface area contributed by atoms with Crippen LogP contribution in [-0.4, -0.2) is 44.1 Å². The van der Waals surface area contributed by atoms with E-state index < -0.39 is 17.6 Å². The number of hydrogen-bond acceptors (Lipinski definition) is 9. The largest absolute Gasteiger partial charge is 0.361 e. The van der Waals surface area contributed by atoms with Crippen molar-refractivity contribution in [1.29, 1.82) is 0 Å². The Bertz CT molecular complexity index is 878. The van der Waals surface area contributed by atoms with Crippen LogP contribution in [0.1, 0.15) is 42.9 Å². The zero-order valence-corrected chi connectivity index (χ0v) is 18.0. The number of hydrazine groups is 1. The average Bonchev–Trinajstić information content (AvgIpc) is 3.46. The van der Waals surface area contributed by atoms with Gasteiger partial charge >= 0.3 is 0 Å². The molecule has 1 atom stereocenters. The molecule has 31 heavy (non-hydrogen) atoms. The van der Waals surface area contributed by atoms with Gasteiger partial charge in [0.1, 0.15) is 10.8 Å². The van der Waals surface area contributed by atoms with E-state index in [1.165, 1.54) is 11.3 Å². The second-order valence-electron chi connectivity index (χ2n) is 7.49. The Hall–Kier alpha value is -2.86. The van der Waals surface area contributed by atoms with Crippen LogP contribution in [-0.2, 0) is 16.1 Å². The maximum Gasteiger partial charge on any atom is 0.243 e. The third kappa shape index (κ3) is 6.56. The summed E-state index contributed by atoms with van der Waals surface area (Å²) < 4.78 is 14.8. The Morgan fingerprint density at radius 2 is 2.13 bits per heavy atom. The Labute approximate surface area is 183 Å². The molecule has 0 bridgehead atoms. The summed E-state index contributed by atoms with van der Waals surface area (Å²) in [7, 11) is 0. The van der Waals surface area contributed by atoms with Crippen molar-refractivity contribution in [3.63, 3.8) is 0 Å². The highest BCUT2D eigenvalue weighted by Gasteiger charge is 2.27. The van der Waals surface area contributed by atoms with Gasteiger partial charge in [-0.05, 0) is 19.3 Å². The summed E-state index contributed by atoms with van der Waals surface area (Å²) in [6.45, 7) is 1.77. The number of rotatable bonds is 11. The van der Waals surface area contributed by atoms with Crippen LogP contribution in [0, 0.1) is 24.6 Å². The summed E-state index contributed by atoms with van der Waals surface area (Å²) >= 11 is 1.43. The Morgan fingerprint density at radius 3 is 2.81 bits per heavy atom. The van der Waals surface area contributed by atoms with Gasteiger partial charge in [-0.1, -0.05) is 25.7 Å². The fourth-order valence-electron chi connectivity index (χ4n) is 3.66. The molecule has 1 saturated carbocycles. The molecular weight excluding hydrogens is 425 g/mol. The minimum absolute atomic E-state index is 0.00978. The van der Waals surface area contributed by atoms with Crippen molar-refractivity contribution in [1.82, 2.24) is 25.4 Å². The first-order chi connectivity index (χ1) is 15.0. The quantitative estimate of drug-likeness (QED) is 0.233. The first-order valence-corrected chi connectivity index (χ1v) is 11.0. The molecule has 1 aliphatic carbocycles. The number of nitrogens with zero attached hydrogens (tertiary/aromatic N) is 4. The molecule has 2 amide bonds. The van der Waals surface area contributed by atoms with Gasteiger partial charge in [0.15, 0.2) is 11.6 Å². The fraction of sp³-hybridized carbons (Fsp3) is 0.526. The number of anilines is 2. The molecule has 2 heterocycles. The maximum atomic E-state index is 14.8. The van der Waals surface area contributed by atoms with E-state index in [1.807, 2.05) is 5.38 Å². The molecule has 0 radical (unpaired) electrons. The van der Waals surface area contributed by atoms with Crippen LogP contribution in [0.4, 0.5) is 16.0 Å². The number of carbonyl (C=O) groups is 2. The number of amides is 2. The zero-order valence-electron chi connectivity index (χ0n) is 17.2. The van der Waals surface area contributed by atoms with E-state index >= 15 is 0 Å². The van der Waals surface area contributed by atoms with E-state index in [-0.39, 0.29) is 24.6 Å². The summed E-state index contributed by atoms with van der Waals surface area (Å²) in [6.07, 6.45) is 6.69. The van der Waals surface area contributed by atoms with E-state index in [0.29, 0.717) is 29.8 Å². The molecule has 10 nitrogen and oxygen atoms in total. The Balaban J connectivity index is 1.64. The lowest BCUT2D eigenvalue weighted by molar-refractivity contribution is -0.154. The number of nitrogens with one attached hydrogen (secondary N) is 3. The van der Waals surface area contributed by atoms with Crippen LogP contribution in [0.3, 0.4) is 0 Å². The summed E-state index contributed by atoms with van der Waals surface area (Å²) in [5.74, 6) is -1.37. The van der Waals surface area contributed by atoms with Gasteiger partial charge < -0.3 is 5.32 Å². The van der Waals surface area contributed by atoms with E-state index in [1.54, 1.807) is 13.1 Å². The van der Waals surface area contributed by atoms with Gasteiger partial charge in [-0.25, -0.2) is 20.0 Å². The second kappa shape index (κ2) is 11.0. The van der Waals surface area contributed by atoms with Crippen LogP contribution in [0.2, 0.25) is 0 Å². The molecule has 12 heteroatoms. The zero-order chi connectivity index (χ0) is 22.2. The lowest BCUT2D eigenvalue weighted by atomic mass is 9.92. The summed E-state index contributed by atoms with van der Waals surface area (Å²) in [5.41, 5.74) is 4.97. The summed E-state index contributed by atoms with van der Waals surface area (Å²) in [6, 6.07) is 0. The highest BCUT2D eigenvalue weighted by atomic mass is 32.1. The van der Waals surface area contributed by atoms with Crippen molar-refractivity contribution >= 4 is 35.3 Å². The lowest BCUT2D eigenvalue weighted by Crippen LogP contribution is -2.41. The first-order valence-electron chi connectivity index (χ1n) is 10.1. The van der Waals surface area contributed by atoms with E-state index in [9.17, 15) is 19.2 Å². The van der Waals surface area contributed by atoms with Crippen LogP contribution in [0.15, 0.2) is 11.6 Å². The predicted octanol–water partition coefficient (Wildman–Crippen LogP) is 2.48. The predicted molar refractivity (Wildman–Crippen MR) is 113 cm³/mol. The Kier molecular flexibility index (Phi) is 8.06. The normalized spacial score (nSPS) is 14.8. The van der Waals surface area contributed by atoms with E-state index in [0.717, 1.165) is 30.7 Å². The van der Waals surface area contributed by atoms with Crippen LogP contribution in [0.25, 0.3) is 0 Å². The van der Waals surface area contributed by atoms with E-state index in [2.05, 4.69) is 31.1 Å². The standard InChI is InChI=1S/C19H26FN7O3S/c1-12-23-17(22-9-15-21-6-7-31-15)16(20)18(24-12)25-26-19(29)14(10-27(30)11-28)8-13-4-2-3-5-13/h6-7,11,13-14,30H,2-5,8-10H2,1H3,(H,26,29)(H2,22,23,24,25). The molecule has 2 aromatic heterocycles. The second-order valence-corrected chi connectivity index (χ2v) is 8.47. The van der Waals surface area contributed by atoms with Gasteiger partial charge in [-0.2, -0.15) is 4.39 Å². The van der Waals surface area contributed by atoms with Gasteiger partial charge in [0.25, 0.3) is 0 Å². The maximum absolute atomic E-state index is 14.8. The van der Waals surface area contributed by atoms with Gasteiger partial charge in [-0.15, -0.1) is 11.3 Å². The summed E-state index contributed by atoms with van der Waals surface area (Å²) in [4.78, 5) is 35.7. The van der Waals surface area contributed by atoms with Gasteiger partial charge in [0.05, 0.1) is 19.0 Å². The number of carbonyl (C=O) groups excluding carboxylic acids is 2. The average molecular weight is 452 g/mol. The third-order valence-electron chi connectivity index (χ3n) is 5.15. The molecule has 2 aromatic rings. The molecule has 1 aliphatic rings. The molecule has 4 N–H and O–H groups in total. The number of hydroxylamine groups is 2. The molecule has 1 fully saturated rings. The number of halogens is 1. The van der Waals surface area contributed by atoms with Gasteiger partial charge in [0, 0.05) is 11.6 Å². The molecule has 0 aliphatic heterocycles. The summed E-state index contributed by atoms with van der Waals surface area (Å²) in [5, 5.41) is 15.5. The minimum Gasteiger partial charge on any atom is -0.361 e. The van der Waals surface area contributed by atoms with Crippen LogP contribution in [0.5, 0.6) is 0 Å². The van der Waals surface area contributed by atoms with Crippen molar-refractivity contribution in [2.75, 3.05) is 17.3 Å². The molecular formula is C19H26FN7O3S. The van der Waals surface area contributed by atoms with Crippen molar-refractivity contribution in [3.05, 3.63) is 28.2 Å². The number of aromatic nitrogens is 3. The van der Waals surface area contributed by atoms with Crippen molar-refractivity contribution in [2.45, 2.75) is 45.6 Å². The molecule has 0 saturated heterocycles. The lowest BCUT2D eigenvalue weighted by Gasteiger charge is -2.22. The van der Waals surface area contributed by atoms with Crippen molar-refractivity contribution < 1.29 is 19.2 Å². The fourth-order valence-corrected chi connectivity index (χ4v) is 4.22. The highest BCUT2D eigenvalue weighted by molar-refractivity contribution is 7.09. The molecule has 168 valence electrons. The number of hydrogen-bond donors (Lipinski definition) is 4. The van der Waals surface area contributed by atoms with Crippen LogP contribution >= 0.6 is 11.3 Å². The molecule has 1 unspecified atom stereocenters.